The van der Waals surface area contributed by atoms with Crippen LogP contribution >= 0.6 is 0 Å². The van der Waals surface area contributed by atoms with E-state index in [2.05, 4.69) is 13.8 Å². The number of carbonyl (C=O) groups is 1. The number of rotatable bonds is 7. The molecular weight excluding hydrogens is 148 g/mol. The highest BCUT2D eigenvalue weighted by molar-refractivity contribution is 5.78. The van der Waals surface area contributed by atoms with Crippen LogP contribution in [0.3, 0.4) is 0 Å². The fraction of sp³-hybridized carbons (Fsp3) is 0.909. The summed E-state index contributed by atoms with van der Waals surface area (Å²) in [4.78, 5) is 11.1. The van der Waals surface area contributed by atoms with Gasteiger partial charge in [0, 0.05) is 12.8 Å². The van der Waals surface area contributed by atoms with E-state index in [4.69, 9.17) is 0 Å². The van der Waals surface area contributed by atoms with E-state index in [1.165, 1.54) is 25.7 Å². The van der Waals surface area contributed by atoms with Gasteiger partial charge in [-0.2, -0.15) is 0 Å². The van der Waals surface area contributed by atoms with Crippen LogP contribution < -0.4 is 0 Å². The maximum Gasteiger partial charge on any atom is 0.132 e. The average molecular weight is 170 g/mol. The number of carbonyl (C=O) groups excluding carboxylic acids is 1. The smallest absolute Gasteiger partial charge is 0.132 e. The normalized spacial score (nSPS) is 12.9. The predicted octanol–water partition coefficient (Wildman–Crippen LogP) is 3.57. The Kier molecular flexibility index (Phi) is 7.12. The highest BCUT2D eigenvalue weighted by Crippen LogP contribution is 2.13. The summed E-state index contributed by atoms with van der Waals surface area (Å²) < 4.78 is 0. The molecule has 0 unspecified atom stereocenters. The maximum absolute atomic E-state index is 11.1. The Labute approximate surface area is 76.6 Å². The second-order valence-corrected chi connectivity index (χ2v) is 3.70. The molecule has 0 bridgehead atoms. The van der Waals surface area contributed by atoms with Gasteiger partial charge in [0.2, 0.25) is 0 Å². The molecule has 0 radical (unpaired) electrons. The number of hydrogen-bond donors (Lipinski definition) is 0. The monoisotopic (exact) mass is 170 g/mol. The topological polar surface area (TPSA) is 17.1 Å². The quantitative estimate of drug-likeness (QED) is 0.534. The summed E-state index contributed by atoms with van der Waals surface area (Å²) >= 11 is 0. The van der Waals surface area contributed by atoms with E-state index in [9.17, 15) is 4.79 Å². The van der Waals surface area contributed by atoms with Crippen molar-refractivity contribution < 1.29 is 4.79 Å². The largest absolute Gasteiger partial charge is 0.300 e. The Balaban J connectivity index is 3.32. The number of Topliss-reactive ketones (excluding diaryl/α,β-unsaturated/α-hetero) is 1. The van der Waals surface area contributed by atoms with E-state index in [1.54, 1.807) is 0 Å². The predicted molar refractivity (Wildman–Crippen MR) is 53.2 cm³/mol. The summed E-state index contributed by atoms with van der Waals surface area (Å²) in [5.41, 5.74) is 0. The number of unbranched alkanes of at least 4 members (excludes halogenated alkanes) is 2. The van der Waals surface area contributed by atoms with Gasteiger partial charge < -0.3 is 0 Å². The van der Waals surface area contributed by atoms with Gasteiger partial charge in [-0.25, -0.2) is 0 Å². The van der Waals surface area contributed by atoms with Gasteiger partial charge in [0.25, 0.3) is 0 Å². The van der Waals surface area contributed by atoms with Crippen molar-refractivity contribution in [2.24, 2.45) is 5.92 Å². The van der Waals surface area contributed by atoms with E-state index in [-0.39, 0.29) is 0 Å². The summed E-state index contributed by atoms with van der Waals surface area (Å²) in [5.74, 6) is 1.02. The third-order valence-corrected chi connectivity index (χ3v) is 2.27. The Morgan fingerprint density at radius 3 is 2.42 bits per heavy atom. The molecule has 0 spiro atoms. The van der Waals surface area contributed by atoms with Gasteiger partial charge >= 0.3 is 0 Å². The van der Waals surface area contributed by atoms with E-state index >= 15 is 0 Å². The summed E-state index contributed by atoms with van der Waals surface area (Å²) in [6.45, 7) is 6.34. The molecule has 0 heterocycles. The number of hydrogen-bond acceptors (Lipinski definition) is 1. The van der Waals surface area contributed by atoms with E-state index in [1.807, 2.05) is 6.92 Å². The summed E-state index contributed by atoms with van der Waals surface area (Å²) in [7, 11) is 0. The Bertz CT molecular complexity index is 118. The van der Waals surface area contributed by atoms with Gasteiger partial charge in [0.05, 0.1) is 0 Å². The lowest BCUT2D eigenvalue weighted by molar-refractivity contribution is -0.119. The lowest BCUT2D eigenvalue weighted by atomic mass is 9.97. The molecule has 0 aromatic heterocycles. The zero-order valence-electron chi connectivity index (χ0n) is 8.73. The molecule has 0 aliphatic rings. The second kappa shape index (κ2) is 7.33. The van der Waals surface area contributed by atoms with Gasteiger partial charge in [-0.05, 0) is 5.92 Å². The zero-order chi connectivity index (χ0) is 9.40. The molecule has 0 aromatic carbocycles. The minimum atomic E-state index is 0.416. The van der Waals surface area contributed by atoms with Crippen molar-refractivity contribution in [3.8, 4) is 0 Å². The average Bonchev–Trinajstić information content (AvgIpc) is 2.05. The fourth-order valence-electron chi connectivity index (χ4n) is 1.38. The fourth-order valence-corrected chi connectivity index (χ4v) is 1.38. The first-order chi connectivity index (χ1) is 5.70. The lowest BCUT2D eigenvalue weighted by Crippen LogP contribution is -2.03. The van der Waals surface area contributed by atoms with Crippen molar-refractivity contribution in [2.75, 3.05) is 0 Å². The molecule has 0 saturated carbocycles. The van der Waals surface area contributed by atoms with Crippen LogP contribution in [0.1, 0.15) is 59.3 Å². The molecule has 12 heavy (non-hydrogen) atoms. The van der Waals surface area contributed by atoms with Gasteiger partial charge in [0.15, 0.2) is 0 Å². The minimum Gasteiger partial charge on any atom is -0.300 e. The van der Waals surface area contributed by atoms with Crippen molar-refractivity contribution in [3.63, 3.8) is 0 Å². The van der Waals surface area contributed by atoms with Crippen LogP contribution in [0.4, 0.5) is 0 Å². The van der Waals surface area contributed by atoms with Gasteiger partial charge in [-0.15, -0.1) is 0 Å². The van der Waals surface area contributed by atoms with Crippen molar-refractivity contribution >= 4 is 5.78 Å². The van der Waals surface area contributed by atoms with E-state index < -0.39 is 0 Å². The van der Waals surface area contributed by atoms with Crippen molar-refractivity contribution in [1.29, 1.82) is 0 Å². The molecule has 0 amide bonds. The molecule has 0 rings (SSSR count). The zero-order valence-corrected chi connectivity index (χ0v) is 8.73. The molecule has 0 saturated heterocycles. The van der Waals surface area contributed by atoms with Gasteiger partial charge in [0.1, 0.15) is 5.78 Å². The Hall–Kier alpha value is -0.330. The lowest BCUT2D eigenvalue weighted by Gasteiger charge is -2.08. The molecule has 0 fully saturated rings. The van der Waals surface area contributed by atoms with E-state index in [0.717, 1.165) is 6.42 Å². The SMILES string of the molecule is CCCCC[C@@H](C)CC(=O)CC. The molecule has 0 N–H and O–H groups in total. The van der Waals surface area contributed by atoms with Crippen LogP contribution in [0.2, 0.25) is 0 Å². The summed E-state index contributed by atoms with van der Waals surface area (Å²) in [5, 5.41) is 0. The summed E-state index contributed by atoms with van der Waals surface area (Å²) in [6, 6.07) is 0. The molecule has 72 valence electrons. The van der Waals surface area contributed by atoms with Crippen LogP contribution in [0.5, 0.6) is 0 Å². The Morgan fingerprint density at radius 2 is 1.92 bits per heavy atom. The standard InChI is InChI=1S/C11H22O/c1-4-6-7-8-10(3)9-11(12)5-2/h10H,4-9H2,1-3H3/t10-/m1/s1. The molecule has 0 aliphatic heterocycles. The molecule has 0 aliphatic carbocycles. The minimum absolute atomic E-state index is 0.416. The van der Waals surface area contributed by atoms with Gasteiger partial charge in [-0.1, -0.05) is 46.5 Å². The number of ketones is 1. The van der Waals surface area contributed by atoms with Crippen LogP contribution in [-0.4, -0.2) is 5.78 Å². The first-order valence-corrected chi connectivity index (χ1v) is 5.22. The first-order valence-electron chi connectivity index (χ1n) is 5.22. The second-order valence-electron chi connectivity index (χ2n) is 3.70. The molecular formula is C11H22O. The maximum atomic E-state index is 11.1. The van der Waals surface area contributed by atoms with Crippen molar-refractivity contribution in [3.05, 3.63) is 0 Å². The molecule has 1 heteroatoms. The third kappa shape index (κ3) is 6.38. The van der Waals surface area contributed by atoms with Crippen LogP contribution in [0.15, 0.2) is 0 Å². The molecule has 0 aromatic rings. The first kappa shape index (κ1) is 11.7. The van der Waals surface area contributed by atoms with E-state index in [0.29, 0.717) is 18.1 Å². The molecule has 1 atom stereocenters. The third-order valence-electron chi connectivity index (χ3n) is 2.27. The van der Waals surface area contributed by atoms with Crippen molar-refractivity contribution in [2.45, 2.75) is 59.3 Å². The van der Waals surface area contributed by atoms with Gasteiger partial charge in [-0.3, -0.25) is 4.79 Å². The highest BCUT2D eigenvalue weighted by atomic mass is 16.1. The van der Waals surface area contributed by atoms with Crippen LogP contribution in [0, 0.1) is 5.92 Å². The molecule has 1 nitrogen and oxygen atoms in total. The van der Waals surface area contributed by atoms with Crippen molar-refractivity contribution in [1.82, 2.24) is 0 Å². The highest BCUT2D eigenvalue weighted by Gasteiger charge is 2.06. The summed E-state index contributed by atoms with van der Waals surface area (Å²) in [6.07, 6.45) is 6.59. The van der Waals surface area contributed by atoms with Crippen LogP contribution in [-0.2, 0) is 4.79 Å². The Morgan fingerprint density at radius 1 is 1.25 bits per heavy atom. The van der Waals surface area contributed by atoms with Crippen LogP contribution in [0.25, 0.3) is 0 Å².